The molecule has 3 rings (SSSR count). The van der Waals surface area contributed by atoms with Crippen molar-refractivity contribution in [3.8, 4) is 11.4 Å². The molecule has 0 saturated heterocycles. The first kappa shape index (κ1) is 14.7. The standard InChI is InChI=1S/C16H13FN4O2/c1-23-14-7-3-6-13(15(14)17)16(22)20-11-4-2-5-12(8-11)21-9-18-19-10-21/h2-10H,1H3,(H,20,22). The summed E-state index contributed by atoms with van der Waals surface area (Å²) in [6.07, 6.45) is 3.09. The highest BCUT2D eigenvalue weighted by Gasteiger charge is 2.15. The van der Waals surface area contributed by atoms with Crippen molar-refractivity contribution in [3.05, 3.63) is 66.5 Å². The van der Waals surface area contributed by atoms with Crippen molar-refractivity contribution in [2.75, 3.05) is 12.4 Å². The summed E-state index contributed by atoms with van der Waals surface area (Å²) in [6, 6.07) is 11.5. The van der Waals surface area contributed by atoms with Crippen molar-refractivity contribution < 1.29 is 13.9 Å². The Kier molecular flexibility index (Phi) is 4.01. The molecule has 1 aromatic heterocycles. The van der Waals surface area contributed by atoms with Gasteiger partial charge in [0.1, 0.15) is 12.7 Å². The first-order valence-corrected chi connectivity index (χ1v) is 6.78. The van der Waals surface area contributed by atoms with Crippen molar-refractivity contribution in [2.24, 2.45) is 0 Å². The minimum absolute atomic E-state index is 0.0240. The van der Waals surface area contributed by atoms with Crippen LogP contribution in [-0.4, -0.2) is 27.8 Å². The number of carbonyl (C=O) groups excluding carboxylic acids is 1. The Balaban J connectivity index is 1.85. The number of nitrogens with one attached hydrogen (secondary N) is 1. The summed E-state index contributed by atoms with van der Waals surface area (Å²) in [5.74, 6) is -1.22. The average molecular weight is 312 g/mol. The lowest BCUT2D eigenvalue weighted by Gasteiger charge is -2.09. The van der Waals surface area contributed by atoms with Gasteiger partial charge in [-0.1, -0.05) is 12.1 Å². The molecule has 0 aliphatic carbocycles. The van der Waals surface area contributed by atoms with E-state index >= 15 is 0 Å². The van der Waals surface area contributed by atoms with Gasteiger partial charge in [-0.2, -0.15) is 0 Å². The predicted octanol–water partition coefficient (Wildman–Crippen LogP) is 2.67. The molecule has 2 aromatic carbocycles. The molecule has 3 aromatic rings. The zero-order valence-corrected chi connectivity index (χ0v) is 12.2. The minimum Gasteiger partial charge on any atom is -0.494 e. The Labute approximate surface area is 131 Å². The fourth-order valence-electron chi connectivity index (χ4n) is 2.12. The van der Waals surface area contributed by atoms with Crippen molar-refractivity contribution >= 4 is 11.6 Å². The molecule has 0 aliphatic rings. The maximum Gasteiger partial charge on any atom is 0.258 e. The van der Waals surface area contributed by atoms with Crippen molar-refractivity contribution in [2.45, 2.75) is 0 Å². The summed E-state index contributed by atoms with van der Waals surface area (Å²) in [5.41, 5.74) is 1.22. The van der Waals surface area contributed by atoms with Gasteiger partial charge in [0.2, 0.25) is 0 Å². The number of aromatic nitrogens is 3. The number of hydrogen-bond donors (Lipinski definition) is 1. The molecule has 23 heavy (non-hydrogen) atoms. The SMILES string of the molecule is COc1cccc(C(=O)Nc2cccc(-n3cnnc3)c2)c1F. The van der Waals surface area contributed by atoms with Crippen LogP contribution < -0.4 is 10.1 Å². The number of anilines is 1. The highest BCUT2D eigenvalue weighted by molar-refractivity contribution is 6.04. The van der Waals surface area contributed by atoms with Crippen LogP contribution in [0.25, 0.3) is 5.69 Å². The highest BCUT2D eigenvalue weighted by atomic mass is 19.1. The van der Waals surface area contributed by atoms with E-state index in [1.807, 2.05) is 6.07 Å². The summed E-state index contributed by atoms with van der Waals surface area (Å²) < 4.78 is 20.7. The van der Waals surface area contributed by atoms with Gasteiger partial charge >= 0.3 is 0 Å². The van der Waals surface area contributed by atoms with E-state index in [2.05, 4.69) is 15.5 Å². The number of amides is 1. The highest BCUT2D eigenvalue weighted by Crippen LogP contribution is 2.21. The summed E-state index contributed by atoms with van der Waals surface area (Å²) in [4.78, 5) is 12.3. The fourth-order valence-corrected chi connectivity index (χ4v) is 2.12. The summed E-state index contributed by atoms with van der Waals surface area (Å²) >= 11 is 0. The van der Waals surface area contributed by atoms with E-state index in [9.17, 15) is 9.18 Å². The summed E-state index contributed by atoms with van der Waals surface area (Å²) in [6.45, 7) is 0. The molecule has 0 aliphatic heterocycles. The minimum atomic E-state index is -0.692. The van der Waals surface area contributed by atoms with E-state index in [1.54, 1.807) is 41.5 Å². The number of benzene rings is 2. The van der Waals surface area contributed by atoms with Gasteiger partial charge in [-0.15, -0.1) is 10.2 Å². The largest absolute Gasteiger partial charge is 0.494 e. The second-order valence-electron chi connectivity index (χ2n) is 4.70. The third kappa shape index (κ3) is 3.03. The molecule has 0 unspecified atom stereocenters. The van der Waals surface area contributed by atoms with E-state index in [0.717, 1.165) is 5.69 Å². The van der Waals surface area contributed by atoms with E-state index < -0.39 is 11.7 Å². The quantitative estimate of drug-likeness (QED) is 0.804. The molecule has 0 bridgehead atoms. The van der Waals surface area contributed by atoms with Crippen molar-refractivity contribution in [1.82, 2.24) is 14.8 Å². The monoisotopic (exact) mass is 312 g/mol. The lowest BCUT2D eigenvalue weighted by atomic mass is 10.1. The smallest absolute Gasteiger partial charge is 0.258 e. The lowest BCUT2D eigenvalue weighted by molar-refractivity contribution is 0.102. The molecule has 0 fully saturated rings. The summed E-state index contributed by atoms with van der Waals surface area (Å²) in [5, 5.41) is 10.1. The second kappa shape index (κ2) is 6.27. The normalized spacial score (nSPS) is 10.3. The van der Waals surface area contributed by atoms with Crippen LogP contribution in [0, 0.1) is 5.82 Å². The molecule has 0 atom stereocenters. The molecule has 7 heteroatoms. The van der Waals surface area contributed by atoms with Gasteiger partial charge in [-0.3, -0.25) is 9.36 Å². The van der Waals surface area contributed by atoms with E-state index in [1.165, 1.54) is 19.2 Å². The number of ether oxygens (including phenoxy) is 1. The van der Waals surface area contributed by atoms with E-state index in [-0.39, 0.29) is 11.3 Å². The van der Waals surface area contributed by atoms with Gasteiger partial charge in [-0.25, -0.2) is 4.39 Å². The third-order valence-electron chi connectivity index (χ3n) is 3.25. The number of nitrogens with zero attached hydrogens (tertiary/aromatic N) is 3. The molecule has 1 N–H and O–H groups in total. The van der Waals surface area contributed by atoms with Crippen LogP contribution in [0.15, 0.2) is 55.1 Å². The number of hydrogen-bond acceptors (Lipinski definition) is 4. The van der Waals surface area contributed by atoms with Crippen molar-refractivity contribution in [1.29, 1.82) is 0 Å². The van der Waals surface area contributed by atoms with E-state index in [4.69, 9.17) is 4.74 Å². The van der Waals surface area contributed by atoms with E-state index in [0.29, 0.717) is 5.69 Å². The molecular weight excluding hydrogens is 299 g/mol. The Hall–Kier alpha value is -3.22. The number of methoxy groups -OCH3 is 1. The van der Waals surface area contributed by atoms with Gasteiger partial charge in [-0.05, 0) is 30.3 Å². The van der Waals surface area contributed by atoms with Crippen LogP contribution in [0.1, 0.15) is 10.4 Å². The zero-order valence-electron chi connectivity index (χ0n) is 12.2. The maximum atomic E-state index is 14.1. The first-order valence-electron chi connectivity index (χ1n) is 6.78. The molecule has 1 heterocycles. The van der Waals surface area contributed by atoms with Crippen LogP contribution in [0.3, 0.4) is 0 Å². The molecule has 0 spiro atoms. The van der Waals surface area contributed by atoms with Gasteiger partial charge < -0.3 is 10.1 Å². The molecule has 6 nitrogen and oxygen atoms in total. The van der Waals surface area contributed by atoms with Gasteiger partial charge in [0.05, 0.1) is 18.4 Å². The van der Waals surface area contributed by atoms with Crippen LogP contribution in [0.5, 0.6) is 5.75 Å². The van der Waals surface area contributed by atoms with Gasteiger partial charge in [0.25, 0.3) is 5.91 Å². The maximum absolute atomic E-state index is 14.1. The Morgan fingerprint density at radius 2 is 1.91 bits per heavy atom. The lowest BCUT2D eigenvalue weighted by Crippen LogP contribution is -2.14. The molecule has 0 saturated carbocycles. The van der Waals surface area contributed by atoms with Crippen LogP contribution in [-0.2, 0) is 0 Å². The molecule has 116 valence electrons. The topological polar surface area (TPSA) is 69.0 Å². The Bertz CT molecular complexity index is 834. The number of rotatable bonds is 4. The second-order valence-corrected chi connectivity index (χ2v) is 4.70. The molecular formula is C16H13FN4O2. The Morgan fingerprint density at radius 3 is 2.65 bits per heavy atom. The zero-order chi connectivity index (χ0) is 16.2. The van der Waals surface area contributed by atoms with Gasteiger partial charge in [0.15, 0.2) is 11.6 Å². The first-order chi connectivity index (χ1) is 11.2. The van der Waals surface area contributed by atoms with Crippen molar-refractivity contribution in [3.63, 3.8) is 0 Å². The van der Waals surface area contributed by atoms with Crippen LogP contribution in [0.2, 0.25) is 0 Å². The Morgan fingerprint density at radius 1 is 1.17 bits per heavy atom. The molecule has 0 radical (unpaired) electrons. The fraction of sp³-hybridized carbons (Fsp3) is 0.0625. The molecule has 1 amide bonds. The van der Waals surface area contributed by atoms with Crippen LogP contribution in [0.4, 0.5) is 10.1 Å². The third-order valence-corrected chi connectivity index (χ3v) is 3.25. The van der Waals surface area contributed by atoms with Gasteiger partial charge in [0, 0.05) is 5.69 Å². The predicted molar refractivity (Wildman–Crippen MR) is 82.3 cm³/mol. The number of halogens is 1. The van der Waals surface area contributed by atoms with Crippen LogP contribution >= 0.6 is 0 Å². The number of carbonyl (C=O) groups is 1. The summed E-state index contributed by atoms with van der Waals surface area (Å²) in [7, 11) is 1.35. The average Bonchev–Trinajstić information content (AvgIpc) is 3.10.